The van der Waals surface area contributed by atoms with Gasteiger partial charge in [-0.25, -0.2) is 0 Å². The zero-order valence-electron chi connectivity index (χ0n) is 14.5. The number of amides is 1. The summed E-state index contributed by atoms with van der Waals surface area (Å²) in [6, 6.07) is 10.4. The maximum atomic E-state index is 12.2. The molecule has 3 rings (SSSR count). The van der Waals surface area contributed by atoms with Crippen molar-refractivity contribution in [3.63, 3.8) is 0 Å². The summed E-state index contributed by atoms with van der Waals surface area (Å²) < 4.78 is 1.86. The maximum Gasteiger partial charge on any atom is 0.234 e. The van der Waals surface area contributed by atoms with Crippen molar-refractivity contribution in [3.8, 4) is 0 Å². The van der Waals surface area contributed by atoms with Gasteiger partial charge in [-0.3, -0.25) is 14.4 Å². The molecule has 1 N–H and O–H groups in total. The Morgan fingerprint density at radius 1 is 1.29 bits per heavy atom. The van der Waals surface area contributed by atoms with E-state index in [4.69, 9.17) is 0 Å². The number of piperidine rings is 1. The van der Waals surface area contributed by atoms with Gasteiger partial charge in [-0.1, -0.05) is 29.8 Å². The summed E-state index contributed by atoms with van der Waals surface area (Å²) in [5.41, 5.74) is 3.55. The molecule has 0 spiro atoms. The van der Waals surface area contributed by atoms with Crippen LogP contribution in [0.5, 0.6) is 0 Å². The first-order valence-corrected chi connectivity index (χ1v) is 8.64. The van der Waals surface area contributed by atoms with Crippen LogP contribution in [-0.2, 0) is 18.4 Å². The average Bonchev–Trinajstić information content (AvgIpc) is 3.00. The molecule has 0 radical (unpaired) electrons. The summed E-state index contributed by atoms with van der Waals surface area (Å²) in [5.74, 6) is 0.630. The highest BCUT2D eigenvalue weighted by atomic mass is 16.2. The molecule has 5 heteroatoms. The Morgan fingerprint density at radius 3 is 2.75 bits per heavy atom. The van der Waals surface area contributed by atoms with Crippen molar-refractivity contribution in [3.05, 3.63) is 53.3 Å². The highest BCUT2D eigenvalue weighted by Crippen LogP contribution is 2.26. The molecular formula is C19H26N4O. The van der Waals surface area contributed by atoms with E-state index in [-0.39, 0.29) is 5.91 Å². The van der Waals surface area contributed by atoms with Crippen LogP contribution in [0.15, 0.2) is 36.5 Å². The molecule has 5 nitrogen and oxygen atoms in total. The van der Waals surface area contributed by atoms with E-state index in [1.54, 1.807) is 0 Å². The van der Waals surface area contributed by atoms with Crippen molar-refractivity contribution in [2.45, 2.75) is 32.2 Å². The SMILES string of the molecule is Cc1cccc(CNC(=O)CN2CCC(c3ccn(C)n3)CC2)c1. The van der Waals surface area contributed by atoms with Crippen molar-refractivity contribution >= 4 is 5.91 Å². The second-order valence-electron chi connectivity index (χ2n) is 6.73. The number of hydrogen-bond acceptors (Lipinski definition) is 3. The number of aryl methyl sites for hydroxylation is 2. The smallest absolute Gasteiger partial charge is 0.234 e. The number of nitrogens with one attached hydrogen (secondary N) is 1. The van der Waals surface area contributed by atoms with E-state index in [0.29, 0.717) is 19.0 Å². The van der Waals surface area contributed by atoms with Crippen LogP contribution in [-0.4, -0.2) is 40.2 Å². The molecule has 1 saturated heterocycles. The molecule has 0 aliphatic carbocycles. The molecule has 1 amide bonds. The summed E-state index contributed by atoms with van der Waals surface area (Å²) in [4.78, 5) is 14.4. The van der Waals surface area contributed by atoms with Gasteiger partial charge in [-0.15, -0.1) is 0 Å². The fraction of sp³-hybridized carbons (Fsp3) is 0.474. The Labute approximate surface area is 143 Å². The molecule has 1 aromatic heterocycles. The third-order valence-corrected chi connectivity index (χ3v) is 4.68. The summed E-state index contributed by atoms with van der Waals surface area (Å²) in [6.07, 6.45) is 4.14. The molecule has 24 heavy (non-hydrogen) atoms. The second-order valence-corrected chi connectivity index (χ2v) is 6.73. The van der Waals surface area contributed by atoms with Crippen LogP contribution in [0.3, 0.4) is 0 Å². The minimum absolute atomic E-state index is 0.104. The van der Waals surface area contributed by atoms with Crippen LogP contribution in [0.25, 0.3) is 0 Å². The number of carbonyl (C=O) groups excluding carboxylic acids is 1. The fourth-order valence-electron chi connectivity index (χ4n) is 3.32. The lowest BCUT2D eigenvalue weighted by Gasteiger charge is -2.30. The highest BCUT2D eigenvalue weighted by molar-refractivity contribution is 5.78. The molecule has 1 fully saturated rings. The molecule has 1 aromatic carbocycles. The number of nitrogens with zero attached hydrogens (tertiary/aromatic N) is 3. The zero-order valence-corrected chi connectivity index (χ0v) is 14.5. The van der Waals surface area contributed by atoms with E-state index in [0.717, 1.165) is 31.5 Å². The lowest BCUT2D eigenvalue weighted by molar-refractivity contribution is -0.122. The van der Waals surface area contributed by atoms with E-state index in [1.165, 1.54) is 11.3 Å². The third-order valence-electron chi connectivity index (χ3n) is 4.68. The average molecular weight is 326 g/mol. The number of likely N-dealkylation sites (tertiary alicyclic amines) is 1. The molecule has 0 unspecified atom stereocenters. The lowest BCUT2D eigenvalue weighted by atomic mass is 9.94. The fourth-order valence-corrected chi connectivity index (χ4v) is 3.32. The Morgan fingerprint density at radius 2 is 2.08 bits per heavy atom. The van der Waals surface area contributed by atoms with Gasteiger partial charge < -0.3 is 5.32 Å². The standard InChI is InChI=1S/C19H26N4O/c1-15-4-3-5-16(12-15)13-20-19(24)14-23-10-6-17(7-11-23)18-8-9-22(2)21-18/h3-5,8-9,12,17H,6-7,10-11,13-14H2,1-2H3,(H,20,24). The van der Waals surface area contributed by atoms with Crippen molar-refractivity contribution < 1.29 is 4.79 Å². The van der Waals surface area contributed by atoms with Gasteiger partial charge >= 0.3 is 0 Å². The van der Waals surface area contributed by atoms with E-state index < -0.39 is 0 Å². The summed E-state index contributed by atoms with van der Waals surface area (Å²) in [5, 5.41) is 7.53. The van der Waals surface area contributed by atoms with Crippen molar-refractivity contribution in [2.24, 2.45) is 7.05 Å². The van der Waals surface area contributed by atoms with Gasteiger partial charge in [0.1, 0.15) is 0 Å². The maximum absolute atomic E-state index is 12.2. The molecule has 1 aliphatic heterocycles. The van der Waals surface area contributed by atoms with Crippen LogP contribution in [0.1, 0.15) is 35.6 Å². The number of benzene rings is 1. The monoisotopic (exact) mass is 326 g/mol. The van der Waals surface area contributed by atoms with Gasteiger partial charge in [0, 0.05) is 25.7 Å². The van der Waals surface area contributed by atoms with E-state index in [2.05, 4.69) is 40.4 Å². The van der Waals surface area contributed by atoms with Crippen LogP contribution >= 0.6 is 0 Å². The third kappa shape index (κ3) is 4.45. The molecule has 128 valence electrons. The lowest BCUT2D eigenvalue weighted by Crippen LogP contribution is -2.41. The Hall–Kier alpha value is -2.14. The molecule has 1 aliphatic rings. The Kier molecular flexibility index (Phi) is 5.30. The minimum Gasteiger partial charge on any atom is -0.351 e. The summed E-state index contributed by atoms with van der Waals surface area (Å²) >= 11 is 0. The van der Waals surface area contributed by atoms with Gasteiger partial charge in [-0.05, 0) is 44.5 Å². The first kappa shape index (κ1) is 16.7. The molecule has 0 saturated carbocycles. The molecular weight excluding hydrogens is 300 g/mol. The number of aromatic nitrogens is 2. The molecule has 2 heterocycles. The van der Waals surface area contributed by atoms with Crippen LogP contribution in [0, 0.1) is 6.92 Å². The molecule has 0 bridgehead atoms. The van der Waals surface area contributed by atoms with Crippen LogP contribution in [0.2, 0.25) is 0 Å². The minimum atomic E-state index is 0.104. The molecule has 2 aromatic rings. The van der Waals surface area contributed by atoms with E-state index in [9.17, 15) is 4.79 Å². The number of carbonyl (C=O) groups is 1. The first-order chi connectivity index (χ1) is 11.6. The normalized spacial score (nSPS) is 16.2. The topological polar surface area (TPSA) is 50.2 Å². The van der Waals surface area contributed by atoms with Gasteiger partial charge in [0.2, 0.25) is 5.91 Å². The van der Waals surface area contributed by atoms with Gasteiger partial charge in [0.25, 0.3) is 0 Å². The predicted molar refractivity (Wildman–Crippen MR) is 94.6 cm³/mol. The van der Waals surface area contributed by atoms with Gasteiger partial charge in [0.05, 0.1) is 12.2 Å². The van der Waals surface area contributed by atoms with Crippen molar-refractivity contribution in [1.82, 2.24) is 20.0 Å². The van der Waals surface area contributed by atoms with E-state index in [1.807, 2.05) is 30.1 Å². The summed E-state index contributed by atoms with van der Waals surface area (Å²) in [7, 11) is 1.96. The molecule has 0 atom stereocenters. The van der Waals surface area contributed by atoms with Crippen LogP contribution in [0.4, 0.5) is 0 Å². The van der Waals surface area contributed by atoms with Crippen molar-refractivity contribution in [1.29, 1.82) is 0 Å². The van der Waals surface area contributed by atoms with Crippen molar-refractivity contribution in [2.75, 3.05) is 19.6 Å². The van der Waals surface area contributed by atoms with Gasteiger partial charge in [-0.2, -0.15) is 5.10 Å². The summed E-state index contributed by atoms with van der Waals surface area (Å²) in [6.45, 7) is 5.07. The van der Waals surface area contributed by atoms with Gasteiger partial charge in [0.15, 0.2) is 0 Å². The second kappa shape index (κ2) is 7.62. The van der Waals surface area contributed by atoms with E-state index >= 15 is 0 Å². The Bertz CT molecular complexity index is 686. The quantitative estimate of drug-likeness (QED) is 0.917. The largest absolute Gasteiger partial charge is 0.351 e. The zero-order chi connectivity index (χ0) is 16.9. The first-order valence-electron chi connectivity index (χ1n) is 8.64. The predicted octanol–water partition coefficient (Wildman–Crippen LogP) is 2.22. The Balaban J connectivity index is 1.41. The highest BCUT2D eigenvalue weighted by Gasteiger charge is 2.23. The number of hydrogen-bond donors (Lipinski definition) is 1. The van der Waals surface area contributed by atoms with Crippen LogP contribution < -0.4 is 5.32 Å². The number of rotatable bonds is 5.